The number of hydrogen-bond donors (Lipinski definition) is 2. The van der Waals surface area contributed by atoms with Crippen molar-refractivity contribution in [2.24, 2.45) is 5.73 Å². The van der Waals surface area contributed by atoms with E-state index in [1.54, 1.807) is 7.11 Å². The molecule has 0 bridgehead atoms. The monoisotopic (exact) mass is 266 g/mol. The Labute approximate surface area is 118 Å². The van der Waals surface area contributed by atoms with Crippen LogP contribution in [-0.4, -0.2) is 18.6 Å². The van der Waals surface area contributed by atoms with Crippen molar-refractivity contribution in [1.82, 2.24) is 4.98 Å². The Kier molecular flexibility index (Phi) is 3.44. The summed E-state index contributed by atoms with van der Waals surface area (Å²) < 4.78 is 5.44. The van der Waals surface area contributed by atoms with E-state index in [1.807, 2.05) is 24.4 Å². The lowest BCUT2D eigenvalue weighted by molar-refractivity contribution is 0.416. The lowest BCUT2D eigenvalue weighted by Gasteiger charge is -2.08. The SMILES string of the molecule is COc1ccccc1-c1ccc2[nH]cc(CCN)c2c1. The van der Waals surface area contributed by atoms with Crippen molar-refractivity contribution in [2.75, 3.05) is 13.7 Å². The summed E-state index contributed by atoms with van der Waals surface area (Å²) in [6, 6.07) is 14.5. The first-order chi connectivity index (χ1) is 9.83. The van der Waals surface area contributed by atoms with E-state index in [-0.39, 0.29) is 0 Å². The maximum atomic E-state index is 5.67. The number of para-hydroxylation sites is 1. The van der Waals surface area contributed by atoms with Crippen LogP contribution in [0.1, 0.15) is 5.56 Å². The summed E-state index contributed by atoms with van der Waals surface area (Å²) in [5, 5.41) is 1.24. The number of aromatic amines is 1. The number of H-pyrrole nitrogens is 1. The van der Waals surface area contributed by atoms with Crippen molar-refractivity contribution in [3.63, 3.8) is 0 Å². The Morgan fingerprint density at radius 3 is 2.80 bits per heavy atom. The molecule has 0 saturated carbocycles. The minimum absolute atomic E-state index is 0.659. The Hall–Kier alpha value is -2.26. The molecule has 0 unspecified atom stereocenters. The van der Waals surface area contributed by atoms with Crippen LogP contribution >= 0.6 is 0 Å². The molecule has 3 rings (SSSR count). The van der Waals surface area contributed by atoms with Gasteiger partial charge in [-0.15, -0.1) is 0 Å². The molecule has 3 N–H and O–H groups in total. The Balaban J connectivity index is 2.14. The van der Waals surface area contributed by atoms with Crippen molar-refractivity contribution in [2.45, 2.75) is 6.42 Å². The highest BCUT2D eigenvalue weighted by Gasteiger charge is 2.08. The summed E-state index contributed by atoms with van der Waals surface area (Å²) in [5.74, 6) is 0.891. The second-order valence-corrected chi connectivity index (χ2v) is 4.81. The zero-order chi connectivity index (χ0) is 13.9. The fourth-order valence-corrected chi connectivity index (χ4v) is 2.59. The highest BCUT2D eigenvalue weighted by molar-refractivity contribution is 5.89. The van der Waals surface area contributed by atoms with Gasteiger partial charge in [0.25, 0.3) is 0 Å². The average Bonchev–Trinajstić information content (AvgIpc) is 2.90. The molecule has 0 aliphatic heterocycles. The number of methoxy groups -OCH3 is 1. The molecule has 0 fully saturated rings. The number of ether oxygens (including phenoxy) is 1. The fraction of sp³-hybridized carbons (Fsp3) is 0.176. The number of nitrogens with two attached hydrogens (primary N) is 1. The van der Waals surface area contributed by atoms with Crippen molar-refractivity contribution < 1.29 is 4.74 Å². The first-order valence-corrected chi connectivity index (χ1v) is 6.77. The number of aromatic nitrogens is 1. The van der Waals surface area contributed by atoms with Gasteiger partial charge in [0, 0.05) is 22.7 Å². The molecule has 1 heterocycles. The molecule has 0 aliphatic carbocycles. The first kappa shape index (κ1) is 12.8. The minimum Gasteiger partial charge on any atom is -0.496 e. The number of nitrogens with one attached hydrogen (secondary N) is 1. The third-order valence-corrected chi connectivity index (χ3v) is 3.60. The normalized spacial score (nSPS) is 10.9. The van der Waals surface area contributed by atoms with E-state index < -0.39 is 0 Å². The molecule has 102 valence electrons. The van der Waals surface area contributed by atoms with E-state index in [4.69, 9.17) is 10.5 Å². The van der Waals surface area contributed by atoms with Crippen molar-refractivity contribution >= 4 is 10.9 Å². The largest absolute Gasteiger partial charge is 0.496 e. The number of benzene rings is 2. The third kappa shape index (κ3) is 2.17. The van der Waals surface area contributed by atoms with E-state index in [9.17, 15) is 0 Å². The molecule has 3 aromatic rings. The molecule has 0 atom stereocenters. The van der Waals surface area contributed by atoms with Crippen molar-refractivity contribution in [3.8, 4) is 16.9 Å². The molecule has 0 spiro atoms. The molecule has 0 aliphatic rings. The minimum atomic E-state index is 0.659. The van der Waals surface area contributed by atoms with Crippen LogP contribution in [0.3, 0.4) is 0 Å². The topological polar surface area (TPSA) is 51.0 Å². The van der Waals surface area contributed by atoms with Crippen LogP contribution in [0, 0.1) is 0 Å². The van der Waals surface area contributed by atoms with Crippen LogP contribution in [0.2, 0.25) is 0 Å². The van der Waals surface area contributed by atoms with E-state index in [2.05, 4.69) is 29.2 Å². The number of rotatable bonds is 4. The van der Waals surface area contributed by atoms with Gasteiger partial charge in [0.05, 0.1) is 7.11 Å². The highest BCUT2D eigenvalue weighted by atomic mass is 16.5. The summed E-state index contributed by atoms with van der Waals surface area (Å²) in [5.41, 5.74) is 10.3. The van der Waals surface area contributed by atoms with Crippen molar-refractivity contribution in [3.05, 3.63) is 54.2 Å². The molecule has 20 heavy (non-hydrogen) atoms. The molecule has 0 amide bonds. The third-order valence-electron chi connectivity index (χ3n) is 3.60. The van der Waals surface area contributed by atoms with E-state index >= 15 is 0 Å². The molecule has 0 saturated heterocycles. The Bertz CT molecular complexity index is 731. The maximum absolute atomic E-state index is 5.67. The summed E-state index contributed by atoms with van der Waals surface area (Å²) in [6.07, 6.45) is 2.93. The standard InChI is InChI=1S/C17H18N2O/c1-20-17-5-3-2-4-14(17)12-6-7-16-15(10-12)13(8-9-18)11-19-16/h2-7,10-11,19H,8-9,18H2,1H3. The summed E-state index contributed by atoms with van der Waals surface area (Å²) >= 11 is 0. The summed E-state index contributed by atoms with van der Waals surface area (Å²) in [4.78, 5) is 3.29. The maximum Gasteiger partial charge on any atom is 0.126 e. The molecule has 3 nitrogen and oxygen atoms in total. The predicted octanol–water partition coefficient (Wildman–Crippen LogP) is 3.34. The second kappa shape index (κ2) is 5.39. The van der Waals surface area contributed by atoms with Crippen LogP contribution in [0.15, 0.2) is 48.7 Å². The Morgan fingerprint density at radius 1 is 1.15 bits per heavy atom. The van der Waals surface area contributed by atoms with Crippen LogP contribution in [0.5, 0.6) is 5.75 Å². The van der Waals surface area contributed by atoms with Gasteiger partial charge < -0.3 is 15.5 Å². The van der Waals surface area contributed by atoms with Gasteiger partial charge in [-0.05, 0) is 42.3 Å². The van der Waals surface area contributed by atoms with Gasteiger partial charge in [-0.25, -0.2) is 0 Å². The van der Waals surface area contributed by atoms with Gasteiger partial charge in [-0.2, -0.15) is 0 Å². The van der Waals surface area contributed by atoms with Gasteiger partial charge in [-0.3, -0.25) is 0 Å². The average molecular weight is 266 g/mol. The van der Waals surface area contributed by atoms with Gasteiger partial charge in [-0.1, -0.05) is 24.3 Å². The second-order valence-electron chi connectivity index (χ2n) is 4.81. The van der Waals surface area contributed by atoms with E-state index in [0.29, 0.717) is 6.54 Å². The summed E-state index contributed by atoms with van der Waals surface area (Å²) in [7, 11) is 1.70. The first-order valence-electron chi connectivity index (χ1n) is 6.77. The molecule has 1 aromatic heterocycles. The van der Waals surface area contributed by atoms with Crippen LogP contribution in [0.25, 0.3) is 22.0 Å². The lowest BCUT2D eigenvalue weighted by Crippen LogP contribution is -2.01. The lowest BCUT2D eigenvalue weighted by atomic mass is 10.0. The molecular formula is C17H18N2O. The number of fused-ring (bicyclic) bond motifs is 1. The van der Waals surface area contributed by atoms with Crippen LogP contribution in [0.4, 0.5) is 0 Å². The quantitative estimate of drug-likeness (QED) is 0.761. The highest BCUT2D eigenvalue weighted by Crippen LogP contribution is 2.32. The van der Waals surface area contributed by atoms with E-state index in [0.717, 1.165) is 28.8 Å². The van der Waals surface area contributed by atoms with Gasteiger partial charge in [0.1, 0.15) is 5.75 Å². The zero-order valence-electron chi connectivity index (χ0n) is 11.5. The number of hydrogen-bond acceptors (Lipinski definition) is 2. The van der Waals surface area contributed by atoms with Crippen molar-refractivity contribution in [1.29, 1.82) is 0 Å². The van der Waals surface area contributed by atoms with Gasteiger partial charge >= 0.3 is 0 Å². The molecule has 2 aromatic carbocycles. The smallest absolute Gasteiger partial charge is 0.126 e. The fourth-order valence-electron chi connectivity index (χ4n) is 2.59. The van der Waals surface area contributed by atoms with Gasteiger partial charge in [0.15, 0.2) is 0 Å². The molecular weight excluding hydrogens is 248 g/mol. The van der Waals surface area contributed by atoms with E-state index in [1.165, 1.54) is 10.9 Å². The molecule has 0 radical (unpaired) electrons. The zero-order valence-corrected chi connectivity index (χ0v) is 11.5. The molecule has 3 heteroatoms. The van der Waals surface area contributed by atoms with Crippen LogP contribution < -0.4 is 10.5 Å². The summed E-state index contributed by atoms with van der Waals surface area (Å²) in [6.45, 7) is 0.659. The van der Waals surface area contributed by atoms with Gasteiger partial charge in [0.2, 0.25) is 0 Å². The predicted molar refractivity (Wildman–Crippen MR) is 83.0 cm³/mol. The van der Waals surface area contributed by atoms with Crippen LogP contribution in [-0.2, 0) is 6.42 Å². The Morgan fingerprint density at radius 2 is 2.00 bits per heavy atom.